The smallest absolute Gasteiger partial charge is 0.240 e. The average molecular weight is 429 g/mol. The first kappa shape index (κ1) is 19.6. The Labute approximate surface area is 154 Å². The number of sulfonamides is 1. The van der Waals surface area contributed by atoms with E-state index in [1.165, 1.54) is 18.2 Å². The molecule has 8 heteroatoms. The maximum absolute atomic E-state index is 13.7. The van der Waals surface area contributed by atoms with Gasteiger partial charge in [0.1, 0.15) is 5.82 Å². The lowest BCUT2D eigenvalue weighted by molar-refractivity contribution is -0.116. The van der Waals surface area contributed by atoms with E-state index in [9.17, 15) is 17.6 Å². The molecule has 1 amide bonds. The quantitative estimate of drug-likeness (QED) is 0.738. The molecule has 0 aliphatic carbocycles. The molecule has 0 aliphatic heterocycles. The molecule has 0 atom stereocenters. The number of benzene rings is 2. The summed E-state index contributed by atoms with van der Waals surface area (Å²) < 4.78 is 41.0. The summed E-state index contributed by atoms with van der Waals surface area (Å²) in [6, 6.07) is 9.08. The van der Waals surface area contributed by atoms with Gasteiger partial charge in [-0.15, -0.1) is 0 Å². The first-order valence-corrected chi connectivity index (χ1v) is 9.78. The van der Waals surface area contributed by atoms with E-state index in [1.807, 2.05) is 13.8 Å². The number of nitrogens with one attached hydrogen (secondary N) is 2. The molecule has 0 fully saturated rings. The molecular weight excluding hydrogens is 411 g/mol. The Hall–Kier alpha value is -1.77. The van der Waals surface area contributed by atoms with Gasteiger partial charge in [0.2, 0.25) is 15.9 Å². The largest absolute Gasteiger partial charge is 0.324 e. The van der Waals surface area contributed by atoms with Crippen LogP contribution in [0.1, 0.15) is 17.5 Å². The van der Waals surface area contributed by atoms with Gasteiger partial charge in [-0.3, -0.25) is 4.79 Å². The number of carbonyl (C=O) groups is 1. The monoisotopic (exact) mass is 428 g/mol. The Balaban J connectivity index is 1.92. The van der Waals surface area contributed by atoms with Crippen molar-refractivity contribution in [3.05, 3.63) is 57.8 Å². The van der Waals surface area contributed by atoms with Crippen LogP contribution in [0.3, 0.4) is 0 Å². The van der Waals surface area contributed by atoms with Crippen molar-refractivity contribution in [2.75, 3.05) is 11.9 Å². The predicted octanol–water partition coefficient (Wildman–Crippen LogP) is 3.51. The molecule has 134 valence electrons. The highest BCUT2D eigenvalue weighted by Crippen LogP contribution is 2.19. The first-order chi connectivity index (χ1) is 11.7. The van der Waals surface area contributed by atoms with Gasteiger partial charge in [0.05, 0.1) is 10.6 Å². The van der Waals surface area contributed by atoms with Crippen molar-refractivity contribution in [2.24, 2.45) is 0 Å². The van der Waals surface area contributed by atoms with E-state index in [0.29, 0.717) is 4.47 Å². The van der Waals surface area contributed by atoms with Crippen LogP contribution < -0.4 is 10.0 Å². The van der Waals surface area contributed by atoms with E-state index >= 15 is 0 Å². The second-order valence-corrected chi connectivity index (χ2v) is 8.25. The molecule has 2 rings (SSSR count). The molecule has 2 aromatic rings. The van der Waals surface area contributed by atoms with Crippen LogP contribution in [0.25, 0.3) is 0 Å². The van der Waals surface area contributed by atoms with E-state index < -0.39 is 21.7 Å². The number of hydrogen-bond acceptors (Lipinski definition) is 3. The average Bonchev–Trinajstić information content (AvgIpc) is 2.52. The molecule has 0 aliphatic rings. The Morgan fingerprint density at radius 3 is 2.48 bits per heavy atom. The summed E-state index contributed by atoms with van der Waals surface area (Å²) in [5.41, 5.74) is 1.91. The first-order valence-electron chi connectivity index (χ1n) is 7.51. The second-order valence-electron chi connectivity index (χ2n) is 5.57. The highest BCUT2D eigenvalue weighted by atomic mass is 79.9. The van der Waals surface area contributed by atoms with Crippen molar-refractivity contribution in [1.29, 1.82) is 0 Å². The van der Waals surface area contributed by atoms with E-state index in [2.05, 4.69) is 26.0 Å². The molecule has 0 saturated carbocycles. The fraction of sp³-hybridized carbons (Fsp3) is 0.235. The van der Waals surface area contributed by atoms with Crippen molar-refractivity contribution in [3.63, 3.8) is 0 Å². The van der Waals surface area contributed by atoms with Crippen molar-refractivity contribution in [1.82, 2.24) is 4.72 Å². The number of hydrogen-bond donors (Lipinski definition) is 2. The summed E-state index contributed by atoms with van der Waals surface area (Å²) in [6.07, 6.45) is -0.112. The second kappa shape index (κ2) is 8.07. The molecule has 25 heavy (non-hydrogen) atoms. The minimum Gasteiger partial charge on any atom is -0.324 e. The third-order valence-corrected chi connectivity index (χ3v) is 5.59. The highest BCUT2D eigenvalue weighted by molar-refractivity contribution is 9.10. The molecule has 2 N–H and O–H groups in total. The van der Waals surface area contributed by atoms with Gasteiger partial charge in [-0.25, -0.2) is 17.5 Å². The van der Waals surface area contributed by atoms with Gasteiger partial charge < -0.3 is 5.32 Å². The number of aryl methyl sites for hydroxylation is 2. The van der Waals surface area contributed by atoms with Gasteiger partial charge in [0.25, 0.3) is 0 Å². The van der Waals surface area contributed by atoms with Crippen LogP contribution in [0, 0.1) is 19.7 Å². The van der Waals surface area contributed by atoms with Crippen LogP contribution in [0.5, 0.6) is 0 Å². The lowest BCUT2D eigenvalue weighted by Gasteiger charge is -2.09. The Morgan fingerprint density at radius 1 is 1.12 bits per heavy atom. The fourth-order valence-corrected chi connectivity index (χ4v) is 3.52. The van der Waals surface area contributed by atoms with Crippen molar-refractivity contribution in [3.8, 4) is 0 Å². The maximum Gasteiger partial charge on any atom is 0.240 e. The number of amides is 1. The van der Waals surface area contributed by atoms with Crippen LogP contribution in [0.15, 0.2) is 45.8 Å². The number of halogens is 2. The van der Waals surface area contributed by atoms with Crippen molar-refractivity contribution in [2.45, 2.75) is 25.2 Å². The Kier molecular flexibility index (Phi) is 6.31. The Morgan fingerprint density at radius 2 is 1.84 bits per heavy atom. The van der Waals surface area contributed by atoms with Crippen LogP contribution in [0.4, 0.5) is 10.1 Å². The van der Waals surface area contributed by atoms with Crippen LogP contribution >= 0.6 is 15.9 Å². The van der Waals surface area contributed by atoms with E-state index in [0.717, 1.165) is 11.1 Å². The summed E-state index contributed by atoms with van der Waals surface area (Å²) in [7, 11) is -3.69. The van der Waals surface area contributed by atoms with Crippen molar-refractivity contribution < 1.29 is 17.6 Å². The maximum atomic E-state index is 13.7. The third kappa shape index (κ3) is 5.35. The zero-order valence-electron chi connectivity index (χ0n) is 13.8. The van der Waals surface area contributed by atoms with Crippen LogP contribution in [-0.4, -0.2) is 20.9 Å². The number of rotatable bonds is 6. The van der Waals surface area contributed by atoms with Gasteiger partial charge >= 0.3 is 0 Å². The molecule has 2 aromatic carbocycles. The summed E-state index contributed by atoms with van der Waals surface area (Å²) in [6.45, 7) is 3.64. The molecular formula is C17H18BrFN2O3S. The molecule has 0 aromatic heterocycles. The molecule has 0 spiro atoms. The zero-order chi connectivity index (χ0) is 18.6. The fourth-order valence-electron chi connectivity index (χ4n) is 2.07. The number of carbonyl (C=O) groups excluding carboxylic acids is 1. The van der Waals surface area contributed by atoms with Gasteiger partial charge in [-0.2, -0.15) is 0 Å². The zero-order valence-corrected chi connectivity index (χ0v) is 16.2. The lowest BCUT2D eigenvalue weighted by atomic mass is 10.1. The minimum absolute atomic E-state index is 0.0465. The van der Waals surface area contributed by atoms with E-state index in [1.54, 1.807) is 18.2 Å². The summed E-state index contributed by atoms with van der Waals surface area (Å²) in [5, 5.41) is 2.41. The minimum atomic E-state index is -3.69. The molecule has 0 heterocycles. The van der Waals surface area contributed by atoms with E-state index in [-0.39, 0.29) is 23.5 Å². The topological polar surface area (TPSA) is 75.3 Å². The molecule has 0 saturated heterocycles. The predicted molar refractivity (Wildman–Crippen MR) is 98.5 cm³/mol. The summed E-state index contributed by atoms with van der Waals surface area (Å²) >= 11 is 3.13. The normalized spacial score (nSPS) is 11.4. The van der Waals surface area contributed by atoms with Gasteiger partial charge in [0.15, 0.2) is 0 Å². The SMILES string of the molecule is Cc1ccc(S(=O)(=O)NCCC(=O)Nc2ccc(Br)cc2F)cc1C. The van der Waals surface area contributed by atoms with Gasteiger partial charge in [-0.1, -0.05) is 22.0 Å². The van der Waals surface area contributed by atoms with E-state index in [4.69, 9.17) is 0 Å². The standard InChI is InChI=1S/C17H18BrFN2O3S/c1-11-3-5-14(9-12(11)2)25(23,24)20-8-7-17(22)21-16-6-4-13(18)10-15(16)19/h3-6,9-10,20H,7-8H2,1-2H3,(H,21,22). The molecule has 0 bridgehead atoms. The summed E-state index contributed by atoms with van der Waals surface area (Å²) in [4.78, 5) is 12.0. The number of anilines is 1. The highest BCUT2D eigenvalue weighted by Gasteiger charge is 2.15. The third-order valence-electron chi connectivity index (χ3n) is 3.64. The molecule has 0 unspecified atom stereocenters. The van der Waals surface area contributed by atoms with Gasteiger partial charge in [0, 0.05) is 17.4 Å². The molecule has 0 radical (unpaired) electrons. The van der Waals surface area contributed by atoms with Gasteiger partial charge in [-0.05, 0) is 55.3 Å². The lowest BCUT2D eigenvalue weighted by Crippen LogP contribution is -2.28. The Bertz CT molecular complexity index is 901. The van der Waals surface area contributed by atoms with Crippen molar-refractivity contribution >= 4 is 37.5 Å². The molecule has 5 nitrogen and oxygen atoms in total. The van der Waals surface area contributed by atoms with Crippen LogP contribution in [0.2, 0.25) is 0 Å². The summed E-state index contributed by atoms with van der Waals surface area (Å²) in [5.74, 6) is -1.05. The van der Waals surface area contributed by atoms with Crippen LogP contribution in [-0.2, 0) is 14.8 Å².